The van der Waals surface area contributed by atoms with Crippen molar-refractivity contribution in [3.05, 3.63) is 47.6 Å². The second kappa shape index (κ2) is 6.44. The van der Waals surface area contributed by atoms with Gasteiger partial charge in [0.1, 0.15) is 5.76 Å². The minimum absolute atomic E-state index is 0.0540. The first-order valence-electron chi connectivity index (χ1n) is 8.44. The van der Waals surface area contributed by atoms with Crippen LogP contribution in [0.4, 0.5) is 0 Å². The Hall–Kier alpha value is -1.68. The Balaban J connectivity index is 1.76. The zero-order chi connectivity index (χ0) is 16.6. The van der Waals surface area contributed by atoms with Gasteiger partial charge in [-0.1, -0.05) is 38.2 Å². The molecule has 0 saturated heterocycles. The van der Waals surface area contributed by atoms with E-state index in [1.54, 1.807) is 0 Å². The molecule has 0 spiro atoms. The molecule has 0 aromatic rings. The molecule has 4 nitrogen and oxygen atoms in total. The lowest BCUT2D eigenvalue weighted by molar-refractivity contribution is 0.0134. The van der Waals surface area contributed by atoms with Crippen molar-refractivity contribution >= 4 is 0 Å². The van der Waals surface area contributed by atoms with E-state index in [-0.39, 0.29) is 29.7 Å². The van der Waals surface area contributed by atoms with Gasteiger partial charge in [0.25, 0.3) is 0 Å². The summed E-state index contributed by atoms with van der Waals surface area (Å²) in [5.41, 5.74) is 2.33. The van der Waals surface area contributed by atoms with Crippen LogP contribution in [0.15, 0.2) is 47.6 Å². The van der Waals surface area contributed by atoms with Crippen LogP contribution in [0, 0.1) is 23.7 Å². The van der Waals surface area contributed by atoms with E-state index in [1.165, 1.54) is 5.70 Å². The monoisotopic (exact) mass is 317 g/mol. The Bertz CT molecular complexity index is 575. The quantitative estimate of drug-likeness (QED) is 0.603. The van der Waals surface area contributed by atoms with Gasteiger partial charge in [-0.3, -0.25) is 0 Å². The maximum atomic E-state index is 9.93. The van der Waals surface area contributed by atoms with Crippen LogP contribution in [0.25, 0.3) is 0 Å². The smallest absolute Gasteiger partial charge is 0.178 e. The summed E-state index contributed by atoms with van der Waals surface area (Å²) in [6, 6.07) is 0. The predicted molar refractivity (Wildman–Crippen MR) is 90.4 cm³/mol. The third-order valence-corrected chi connectivity index (χ3v) is 4.95. The van der Waals surface area contributed by atoms with Crippen molar-refractivity contribution in [2.75, 3.05) is 13.2 Å². The standard InChI is InChI=1S/C19H27NO3/c1-11-5-6-17-16(7-11)20-19(23-17)15-8-12(2)18(14(4)21)13(3)9-22-10-15/h5-6,8,11,13,15,18-21H,4,7,9-10H2,1-3H3/b12-8-. The number of nitrogens with one attached hydrogen (secondary N) is 1. The van der Waals surface area contributed by atoms with Crippen LogP contribution in [-0.4, -0.2) is 24.5 Å². The fourth-order valence-electron chi connectivity index (χ4n) is 3.81. The Kier molecular flexibility index (Phi) is 4.53. The molecule has 3 aliphatic rings. The maximum Gasteiger partial charge on any atom is 0.178 e. The summed E-state index contributed by atoms with van der Waals surface area (Å²) in [4.78, 5) is 0. The molecular formula is C19H27NO3. The fourth-order valence-corrected chi connectivity index (χ4v) is 3.81. The number of ether oxygens (including phenoxy) is 2. The molecule has 2 heterocycles. The molecule has 0 radical (unpaired) electrons. The molecule has 5 atom stereocenters. The van der Waals surface area contributed by atoms with E-state index in [4.69, 9.17) is 9.47 Å². The lowest BCUT2D eigenvalue weighted by atomic mass is 9.84. The van der Waals surface area contributed by atoms with Crippen LogP contribution < -0.4 is 5.32 Å². The number of aliphatic hydroxyl groups excluding tert-OH is 1. The molecule has 1 aliphatic carbocycles. The third kappa shape index (κ3) is 3.32. The van der Waals surface area contributed by atoms with Gasteiger partial charge in [0, 0.05) is 5.92 Å². The summed E-state index contributed by atoms with van der Waals surface area (Å²) in [7, 11) is 0. The number of hydrogen-bond donors (Lipinski definition) is 2. The third-order valence-electron chi connectivity index (χ3n) is 4.95. The molecule has 0 fully saturated rings. The van der Waals surface area contributed by atoms with E-state index in [0.717, 1.165) is 17.8 Å². The molecule has 2 N–H and O–H groups in total. The van der Waals surface area contributed by atoms with Crippen molar-refractivity contribution in [2.24, 2.45) is 23.7 Å². The molecule has 126 valence electrons. The maximum absolute atomic E-state index is 9.93. The average molecular weight is 317 g/mol. The summed E-state index contributed by atoms with van der Waals surface area (Å²) in [6.45, 7) is 11.3. The first-order chi connectivity index (χ1) is 11.0. The second-order valence-electron chi connectivity index (χ2n) is 7.12. The van der Waals surface area contributed by atoms with Crippen LogP contribution in [0.3, 0.4) is 0 Å². The van der Waals surface area contributed by atoms with Crippen molar-refractivity contribution in [1.82, 2.24) is 5.32 Å². The van der Waals surface area contributed by atoms with Crippen molar-refractivity contribution < 1.29 is 14.6 Å². The van der Waals surface area contributed by atoms with Crippen LogP contribution in [0.5, 0.6) is 0 Å². The highest BCUT2D eigenvalue weighted by Gasteiger charge is 2.34. The Morgan fingerprint density at radius 1 is 1.35 bits per heavy atom. The lowest BCUT2D eigenvalue weighted by Gasteiger charge is -2.30. The molecule has 23 heavy (non-hydrogen) atoms. The lowest BCUT2D eigenvalue weighted by Crippen LogP contribution is -2.37. The van der Waals surface area contributed by atoms with Gasteiger partial charge in [-0.05, 0) is 31.3 Å². The Morgan fingerprint density at radius 2 is 2.13 bits per heavy atom. The molecule has 0 aromatic carbocycles. The minimum atomic E-state index is -0.106. The normalized spacial score (nSPS) is 39.4. The second-order valence-corrected chi connectivity index (χ2v) is 7.12. The van der Waals surface area contributed by atoms with E-state index in [9.17, 15) is 5.11 Å². The topological polar surface area (TPSA) is 50.7 Å². The molecule has 0 aromatic heterocycles. The van der Waals surface area contributed by atoms with Crippen molar-refractivity contribution in [3.63, 3.8) is 0 Å². The zero-order valence-electron chi connectivity index (χ0n) is 14.2. The molecule has 5 unspecified atom stereocenters. The van der Waals surface area contributed by atoms with E-state index >= 15 is 0 Å². The van der Waals surface area contributed by atoms with E-state index in [2.05, 4.69) is 50.9 Å². The predicted octanol–water partition coefficient (Wildman–Crippen LogP) is 3.66. The summed E-state index contributed by atoms with van der Waals surface area (Å²) in [5, 5.41) is 13.4. The molecule has 0 saturated carbocycles. The van der Waals surface area contributed by atoms with Gasteiger partial charge >= 0.3 is 0 Å². The van der Waals surface area contributed by atoms with Gasteiger partial charge in [-0.25, -0.2) is 0 Å². The van der Waals surface area contributed by atoms with Gasteiger partial charge in [-0.2, -0.15) is 0 Å². The highest BCUT2D eigenvalue weighted by molar-refractivity contribution is 5.29. The Morgan fingerprint density at radius 3 is 2.87 bits per heavy atom. The summed E-state index contributed by atoms with van der Waals surface area (Å²) in [5.74, 6) is 1.98. The summed E-state index contributed by atoms with van der Waals surface area (Å²) < 4.78 is 12.0. The van der Waals surface area contributed by atoms with Gasteiger partial charge in [0.2, 0.25) is 0 Å². The zero-order valence-corrected chi connectivity index (χ0v) is 14.2. The number of allylic oxidation sites excluding steroid dienone is 4. The Labute approximate surface area is 138 Å². The first kappa shape index (κ1) is 16.2. The number of rotatable bonds is 2. The van der Waals surface area contributed by atoms with Gasteiger partial charge in [0.15, 0.2) is 6.23 Å². The fraction of sp³-hybridized carbons (Fsp3) is 0.579. The molecule has 2 aliphatic heterocycles. The first-order valence-corrected chi connectivity index (χ1v) is 8.44. The highest BCUT2D eigenvalue weighted by Crippen LogP contribution is 2.34. The number of aliphatic hydroxyl groups is 1. The SMILES string of the molecule is C=C(O)C1/C(C)=C\C(C2NC3=C(C=CC(C)C3)O2)COCC1C. The van der Waals surface area contributed by atoms with Gasteiger partial charge < -0.3 is 19.9 Å². The van der Waals surface area contributed by atoms with Crippen LogP contribution >= 0.6 is 0 Å². The molecule has 0 bridgehead atoms. The molecule has 4 heteroatoms. The van der Waals surface area contributed by atoms with Crippen molar-refractivity contribution in [2.45, 2.75) is 33.4 Å². The van der Waals surface area contributed by atoms with Crippen molar-refractivity contribution in [1.29, 1.82) is 0 Å². The molecule has 3 rings (SSSR count). The van der Waals surface area contributed by atoms with Gasteiger partial charge in [-0.15, -0.1) is 0 Å². The summed E-state index contributed by atoms with van der Waals surface area (Å²) in [6.07, 6.45) is 7.31. The molecule has 0 amide bonds. The van der Waals surface area contributed by atoms with Crippen LogP contribution in [0.2, 0.25) is 0 Å². The van der Waals surface area contributed by atoms with Crippen molar-refractivity contribution in [3.8, 4) is 0 Å². The highest BCUT2D eigenvalue weighted by atomic mass is 16.5. The molecular weight excluding hydrogens is 290 g/mol. The largest absolute Gasteiger partial charge is 0.512 e. The minimum Gasteiger partial charge on any atom is -0.512 e. The van der Waals surface area contributed by atoms with Gasteiger partial charge in [0.05, 0.1) is 30.6 Å². The van der Waals surface area contributed by atoms with Crippen LogP contribution in [0.1, 0.15) is 27.2 Å². The van der Waals surface area contributed by atoms with E-state index in [1.807, 2.05) is 0 Å². The average Bonchev–Trinajstić information content (AvgIpc) is 2.87. The van der Waals surface area contributed by atoms with E-state index < -0.39 is 0 Å². The number of hydrogen-bond acceptors (Lipinski definition) is 4. The van der Waals surface area contributed by atoms with Crippen LogP contribution in [-0.2, 0) is 9.47 Å². The van der Waals surface area contributed by atoms with E-state index in [0.29, 0.717) is 19.1 Å². The summed E-state index contributed by atoms with van der Waals surface area (Å²) >= 11 is 0.